The molecule has 1 N–H and O–H groups in total. The molecule has 0 amide bonds. The van der Waals surface area contributed by atoms with Gasteiger partial charge in [-0.15, -0.1) is 0 Å². The average molecular weight is 406 g/mol. The summed E-state index contributed by atoms with van der Waals surface area (Å²) in [7, 11) is -3.54. The molecule has 8 heteroatoms. The third kappa shape index (κ3) is 7.32. The fourth-order valence-electron chi connectivity index (χ4n) is 2.34. The highest BCUT2D eigenvalue weighted by Gasteiger charge is 2.08. The van der Waals surface area contributed by atoms with E-state index < -0.39 is 16.1 Å². The second-order valence-electron chi connectivity index (χ2n) is 5.85. The van der Waals surface area contributed by atoms with Crippen LogP contribution in [0.3, 0.4) is 0 Å². The molecule has 0 atom stereocenters. The van der Waals surface area contributed by atoms with Crippen molar-refractivity contribution in [2.24, 2.45) is 0 Å². The standard InChI is InChI=1S/C20H22O7S/c1-3-25-19(20(21)22)14-16-5-4-6-18(13-16)26-12-11-15-7-9-17(10-8-15)27-28(2,23)24/h4-10,13-14H,3,11-12H2,1-2H3,(H,21,22)/b19-14-. The smallest absolute Gasteiger partial charge is 0.371 e. The van der Waals surface area contributed by atoms with E-state index in [1.807, 2.05) is 0 Å². The minimum Gasteiger partial charge on any atom is -0.493 e. The van der Waals surface area contributed by atoms with Gasteiger partial charge in [0.15, 0.2) is 0 Å². The zero-order valence-corrected chi connectivity index (χ0v) is 16.4. The molecule has 0 unspecified atom stereocenters. The molecule has 2 aromatic rings. The molecule has 0 fully saturated rings. The molecule has 0 aliphatic heterocycles. The first-order valence-electron chi connectivity index (χ1n) is 8.56. The number of hydrogen-bond acceptors (Lipinski definition) is 6. The van der Waals surface area contributed by atoms with Crippen molar-refractivity contribution in [3.8, 4) is 11.5 Å². The molecule has 0 saturated carbocycles. The van der Waals surface area contributed by atoms with Crippen LogP contribution in [-0.2, 0) is 26.1 Å². The first-order chi connectivity index (χ1) is 13.3. The van der Waals surface area contributed by atoms with Gasteiger partial charge in [0.25, 0.3) is 0 Å². The van der Waals surface area contributed by atoms with Crippen LogP contribution in [0.2, 0.25) is 0 Å². The largest absolute Gasteiger partial charge is 0.493 e. The van der Waals surface area contributed by atoms with Crippen LogP contribution < -0.4 is 8.92 Å². The first-order valence-corrected chi connectivity index (χ1v) is 10.4. The Morgan fingerprint density at radius 1 is 1.11 bits per heavy atom. The summed E-state index contributed by atoms with van der Waals surface area (Å²) >= 11 is 0. The molecule has 0 saturated heterocycles. The van der Waals surface area contributed by atoms with Crippen molar-refractivity contribution >= 4 is 22.2 Å². The third-order valence-electron chi connectivity index (χ3n) is 3.50. The summed E-state index contributed by atoms with van der Waals surface area (Å²) in [6, 6.07) is 13.7. The third-order valence-corrected chi connectivity index (χ3v) is 3.99. The van der Waals surface area contributed by atoms with E-state index in [-0.39, 0.29) is 18.1 Å². The fourth-order valence-corrected chi connectivity index (χ4v) is 2.80. The van der Waals surface area contributed by atoms with E-state index in [1.165, 1.54) is 6.08 Å². The zero-order chi connectivity index (χ0) is 20.6. The van der Waals surface area contributed by atoms with Crippen LogP contribution in [0.5, 0.6) is 11.5 Å². The Morgan fingerprint density at radius 2 is 1.82 bits per heavy atom. The Hall–Kier alpha value is -3.00. The van der Waals surface area contributed by atoms with Gasteiger partial charge in [-0.2, -0.15) is 8.42 Å². The summed E-state index contributed by atoms with van der Waals surface area (Å²) in [6.07, 6.45) is 3.05. The van der Waals surface area contributed by atoms with Crippen molar-refractivity contribution in [3.63, 3.8) is 0 Å². The van der Waals surface area contributed by atoms with Crippen molar-refractivity contribution in [1.82, 2.24) is 0 Å². The number of hydrogen-bond donors (Lipinski definition) is 1. The minimum absolute atomic E-state index is 0.129. The lowest BCUT2D eigenvalue weighted by molar-refractivity contribution is -0.136. The number of benzene rings is 2. The van der Waals surface area contributed by atoms with Crippen LogP contribution >= 0.6 is 0 Å². The fraction of sp³-hybridized carbons (Fsp3) is 0.250. The van der Waals surface area contributed by atoms with Gasteiger partial charge in [0, 0.05) is 6.42 Å². The summed E-state index contributed by atoms with van der Waals surface area (Å²) in [6.45, 7) is 2.38. The van der Waals surface area contributed by atoms with Gasteiger partial charge < -0.3 is 18.8 Å². The predicted octanol–water partition coefficient (Wildman–Crippen LogP) is 3.11. The summed E-state index contributed by atoms with van der Waals surface area (Å²) in [4.78, 5) is 11.1. The summed E-state index contributed by atoms with van der Waals surface area (Å²) in [5.74, 6) is -0.394. The molecule has 0 bridgehead atoms. The molecule has 150 valence electrons. The van der Waals surface area contributed by atoms with E-state index in [4.69, 9.17) is 18.8 Å². The van der Waals surface area contributed by atoms with Crippen molar-refractivity contribution in [1.29, 1.82) is 0 Å². The van der Waals surface area contributed by atoms with Crippen molar-refractivity contribution in [3.05, 3.63) is 65.4 Å². The van der Waals surface area contributed by atoms with E-state index in [2.05, 4.69) is 0 Å². The Balaban J connectivity index is 1.94. The van der Waals surface area contributed by atoms with E-state index in [1.54, 1.807) is 55.5 Å². The van der Waals surface area contributed by atoms with Crippen molar-refractivity contribution in [2.75, 3.05) is 19.5 Å². The summed E-state index contributed by atoms with van der Waals surface area (Å²) in [5.41, 5.74) is 1.62. The molecule has 0 aromatic heterocycles. The molecule has 0 radical (unpaired) electrons. The lowest BCUT2D eigenvalue weighted by Gasteiger charge is -2.08. The van der Waals surface area contributed by atoms with Crippen LogP contribution in [-0.4, -0.2) is 39.0 Å². The van der Waals surface area contributed by atoms with Crippen molar-refractivity contribution < 1.29 is 32.0 Å². The van der Waals surface area contributed by atoms with Gasteiger partial charge >= 0.3 is 16.1 Å². The molecule has 0 aliphatic rings. The van der Waals surface area contributed by atoms with Gasteiger partial charge in [0.1, 0.15) is 11.5 Å². The Bertz CT molecular complexity index is 931. The van der Waals surface area contributed by atoms with Crippen LogP contribution in [0.1, 0.15) is 18.1 Å². The Labute approximate surface area is 164 Å². The average Bonchev–Trinajstić information content (AvgIpc) is 2.62. The maximum Gasteiger partial charge on any atom is 0.371 e. The van der Waals surface area contributed by atoms with Gasteiger partial charge in [-0.1, -0.05) is 24.3 Å². The van der Waals surface area contributed by atoms with E-state index >= 15 is 0 Å². The molecule has 28 heavy (non-hydrogen) atoms. The van der Waals surface area contributed by atoms with Crippen LogP contribution in [0.4, 0.5) is 0 Å². The SMILES string of the molecule is CCO/C(=C\c1cccc(OCCc2ccc(OS(C)(=O)=O)cc2)c1)C(=O)O. The number of aliphatic carboxylic acids is 1. The van der Waals surface area contributed by atoms with Gasteiger partial charge in [-0.05, 0) is 48.4 Å². The van der Waals surface area contributed by atoms with Gasteiger partial charge in [0.2, 0.25) is 5.76 Å². The minimum atomic E-state index is -3.54. The number of carboxylic acids is 1. The number of carbonyl (C=O) groups is 1. The van der Waals surface area contributed by atoms with Gasteiger partial charge in [0.05, 0.1) is 19.5 Å². The van der Waals surface area contributed by atoms with E-state index in [0.717, 1.165) is 11.8 Å². The summed E-state index contributed by atoms with van der Waals surface area (Å²) in [5, 5.41) is 9.12. The summed E-state index contributed by atoms with van der Waals surface area (Å²) < 4.78 is 37.8. The topological polar surface area (TPSA) is 99.1 Å². The first kappa shape index (κ1) is 21.3. The lowest BCUT2D eigenvalue weighted by atomic mass is 10.1. The molecule has 7 nitrogen and oxygen atoms in total. The molecule has 0 heterocycles. The monoisotopic (exact) mass is 406 g/mol. The van der Waals surface area contributed by atoms with Crippen molar-refractivity contribution in [2.45, 2.75) is 13.3 Å². The van der Waals surface area contributed by atoms with Gasteiger partial charge in [-0.25, -0.2) is 4.79 Å². The zero-order valence-electron chi connectivity index (χ0n) is 15.6. The molecule has 0 spiro atoms. The second kappa shape index (κ2) is 9.80. The predicted molar refractivity (Wildman–Crippen MR) is 105 cm³/mol. The molecule has 2 rings (SSSR count). The second-order valence-corrected chi connectivity index (χ2v) is 7.42. The molecular weight excluding hydrogens is 384 g/mol. The molecular formula is C20H22O7S. The number of ether oxygens (including phenoxy) is 2. The quantitative estimate of drug-likeness (QED) is 0.368. The highest BCUT2D eigenvalue weighted by molar-refractivity contribution is 7.86. The molecule has 0 aliphatic carbocycles. The Morgan fingerprint density at radius 3 is 2.43 bits per heavy atom. The van der Waals surface area contributed by atoms with Crippen LogP contribution in [0, 0.1) is 0 Å². The lowest BCUT2D eigenvalue weighted by Crippen LogP contribution is -2.06. The van der Waals surface area contributed by atoms with E-state index in [9.17, 15) is 13.2 Å². The van der Waals surface area contributed by atoms with Crippen LogP contribution in [0.25, 0.3) is 6.08 Å². The molecule has 2 aromatic carbocycles. The maximum atomic E-state index is 11.1. The normalized spacial score (nSPS) is 11.7. The highest BCUT2D eigenvalue weighted by atomic mass is 32.2. The number of rotatable bonds is 10. The highest BCUT2D eigenvalue weighted by Crippen LogP contribution is 2.18. The maximum absolute atomic E-state index is 11.1. The van der Waals surface area contributed by atoms with Gasteiger partial charge in [-0.3, -0.25) is 0 Å². The van der Waals surface area contributed by atoms with E-state index in [0.29, 0.717) is 24.3 Å². The number of carboxylic acid groups (broad SMARTS) is 1. The Kier molecular flexibility index (Phi) is 7.45. The van der Waals surface area contributed by atoms with Crippen LogP contribution in [0.15, 0.2) is 54.3 Å².